The molecule has 0 amide bonds. The maximum Gasteiger partial charge on any atom is 0.132 e. The second kappa shape index (κ2) is 9.24. The van der Waals surface area contributed by atoms with Crippen LogP contribution in [0.4, 0.5) is 5.82 Å². The summed E-state index contributed by atoms with van der Waals surface area (Å²) in [6.45, 7) is 3.24. The lowest BCUT2D eigenvalue weighted by atomic mass is 10.1. The molecule has 0 saturated carbocycles. The van der Waals surface area contributed by atoms with Crippen LogP contribution in [0.3, 0.4) is 0 Å². The first-order valence-corrected chi connectivity index (χ1v) is 10.2. The zero-order valence-electron chi connectivity index (χ0n) is 17.8. The zero-order valence-corrected chi connectivity index (χ0v) is 17.8. The third kappa shape index (κ3) is 4.61. The Morgan fingerprint density at radius 3 is 2.70 bits per heavy atom. The van der Waals surface area contributed by atoms with Crippen molar-refractivity contribution in [2.75, 3.05) is 45.8 Å². The van der Waals surface area contributed by atoms with Gasteiger partial charge >= 0.3 is 0 Å². The van der Waals surface area contributed by atoms with Crippen LogP contribution in [0.25, 0.3) is 11.3 Å². The number of rotatable bonds is 6. The minimum Gasteiger partial charge on any atom is -0.497 e. The van der Waals surface area contributed by atoms with E-state index in [4.69, 9.17) is 14.5 Å². The summed E-state index contributed by atoms with van der Waals surface area (Å²) in [4.78, 5) is 13.9. The first-order chi connectivity index (χ1) is 14.6. The summed E-state index contributed by atoms with van der Waals surface area (Å²) in [6.07, 6.45) is 1.80. The van der Waals surface area contributed by atoms with Gasteiger partial charge in [0.2, 0.25) is 0 Å². The Balaban J connectivity index is 1.49. The molecule has 6 heteroatoms. The van der Waals surface area contributed by atoms with Gasteiger partial charge in [0.25, 0.3) is 0 Å². The fourth-order valence-corrected chi connectivity index (χ4v) is 3.78. The van der Waals surface area contributed by atoms with E-state index in [0.717, 1.165) is 48.2 Å². The van der Waals surface area contributed by atoms with Crippen molar-refractivity contribution >= 4 is 5.82 Å². The Kier molecular flexibility index (Phi) is 6.26. The number of nitrogens with zero attached hydrogens (tertiary/aromatic N) is 4. The fourth-order valence-electron chi connectivity index (χ4n) is 3.78. The number of methoxy groups -OCH3 is 1. The van der Waals surface area contributed by atoms with Gasteiger partial charge in [-0.15, -0.1) is 0 Å². The zero-order chi connectivity index (χ0) is 20.9. The van der Waals surface area contributed by atoms with Gasteiger partial charge in [-0.25, -0.2) is 4.98 Å². The van der Waals surface area contributed by atoms with Crippen LogP contribution in [-0.4, -0.2) is 55.8 Å². The lowest BCUT2D eigenvalue weighted by Gasteiger charge is -2.33. The van der Waals surface area contributed by atoms with E-state index in [1.54, 1.807) is 7.11 Å². The second-order valence-corrected chi connectivity index (χ2v) is 7.65. The molecule has 4 rings (SSSR count). The molecule has 3 aromatic rings. The molecule has 156 valence electrons. The first-order valence-electron chi connectivity index (χ1n) is 10.2. The Morgan fingerprint density at radius 1 is 1.10 bits per heavy atom. The average Bonchev–Trinajstić information content (AvgIpc) is 2.80. The van der Waals surface area contributed by atoms with Crippen molar-refractivity contribution in [1.29, 1.82) is 0 Å². The van der Waals surface area contributed by atoms with Crippen molar-refractivity contribution in [3.63, 3.8) is 0 Å². The predicted molar refractivity (Wildman–Crippen MR) is 119 cm³/mol. The topological polar surface area (TPSA) is 50.7 Å². The van der Waals surface area contributed by atoms with E-state index in [1.165, 1.54) is 5.56 Å². The van der Waals surface area contributed by atoms with Crippen LogP contribution in [-0.2, 0) is 11.3 Å². The highest BCUT2D eigenvalue weighted by Crippen LogP contribution is 2.27. The van der Waals surface area contributed by atoms with Gasteiger partial charge in [0.1, 0.15) is 17.7 Å². The summed E-state index contributed by atoms with van der Waals surface area (Å²) in [5.74, 6) is 1.86. The smallest absolute Gasteiger partial charge is 0.132 e. The lowest BCUT2D eigenvalue weighted by Crippen LogP contribution is -2.38. The molecule has 2 aromatic heterocycles. The molecule has 3 heterocycles. The van der Waals surface area contributed by atoms with Crippen LogP contribution in [0, 0.1) is 0 Å². The van der Waals surface area contributed by atoms with Gasteiger partial charge in [0, 0.05) is 51.1 Å². The number of anilines is 1. The van der Waals surface area contributed by atoms with Crippen molar-refractivity contribution in [3.8, 4) is 17.0 Å². The number of pyridine rings is 2. The third-order valence-electron chi connectivity index (χ3n) is 5.32. The van der Waals surface area contributed by atoms with Gasteiger partial charge in [-0.3, -0.25) is 9.88 Å². The van der Waals surface area contributed by atoms with E-state index < -0.39 is 0 Å². The molecule has 0 radical (unpaired) electrons. The fraction of sp³-hybridized carbons (Fsp3) is 0.333. The molecule has 0 unspecified atom stereocenters. The molecule has 1 saturated heterocycles. The number of hydrogen-bond donors (Lipinski definition) is 0. The van der Waals surface area contributed by atoms with Crippen molar-refractivity contribution in [1.82, 2.24) is 14.9 Å². The highest BCUT2D eigenvalue weighted by atomic mass is 16.5. The SMILES string of the molecule is COc1ccc(-c2cccc([C@H]3CN(Cc4cccnc4N(C)C)CCO3)n2)cc1. The Labute approximate surface area is 178 Å². The van der Waals surface area contributed by atoms with Gasteiger partial charge < -0.3 is 14.4 Å². The molecule has 0 spiro atoms. The number of morpholine rings is 1. The van der Waals surface area contributed by atoms with E-state index >= 15 is 0 Å². The van der Waals surface area contributed by atoms with Crippen LogP contribution in [0.5, 0.6) is 5.75 Å². The van der Waals surface area contributed by atoms with Crippen molar-refractivity contribution in [3.05, 3.63) is 72.1 Å². The molecular weight excluding hydrogens is 376 g/mol. The van der Waals surface area contributed by atoms with E-state index in [-0.39, 0.29) is 6.10 Å². The maximum atomic E-state index is 6.09. The molecule has 0 bridgehead atoms. The van der Waals surface area contributed by atoms with Gasteiger partial charge in [0.05, 0.1) is 25.1 Å². The largest absolute Gasteiger partial charge is 0.497 e. The summed E-state index contributed by atoms with van der Waals surface area (Å²) in [6, 6.07) is 18.3. The predicted octanol–water partition coefficient (Wildman–Crippen LogP) is 3.79. The molecule has 6 nitrogen and oxygen atoms in total. The summed E-state index contributed by atoms with van der Waals surface area (Å²) in [7, 11) is 5.73. The number of hydrogen-bond acceptors (Lipinski definition) is 6. The van der Waals surface area contributed by atoms with Crippen LogP contribution in [0.15, 0.2) is 60.8 Å². The summed E-state index contributed by atoms with van der Waals surface area (Å²) in [5, 5.41) is 0. The molecular formula is C24H28N4O2. The molecule has 1 aliphatic heterocycles. The van der Waals surface area contributed by atoms with Gasteiger partial charge in [-0.1, -0.05) is 12.1 Å². The quantitative estimate of drug-likeness (QED) is 0.623. The molecule has 1 aliphatic rings. The Morgan fingerprint density at radius 2 is 1.93 bits per heavy atom. The van der Waals surface area contributed by atoms with E-state index in [1.807, 2.05) is 56.7 Å². The number of benzene rings is 1. The van der Waals surface area contributed by atoms with E-state index in [0.29, 0.717) is 6.61 Å². The van der Waals surface area contributed by atoms with E-state index in [2.05, 4.69) is 33.0 Å². The lowest BCUT2D eigenvalue weighted by molar-refractivity contribution is -0.0349. The number of aromatic nitrogens is 2. The molecule has 1 fully saturated rings. The van der Waals surface area contributed by atoms with Crippen molar-refractivity contribution < 1.29 is 9.47 Å². The monoisotopic (exact) mass is 404 g/mol. The molecule has 0 aliphatic carbocycles. The summed E-state index contributed by atoms with van der Waals surface area (Å²) < 4.78 is 11.3. The highest BCUT2D eigenvalue weighted by Gasteiger charge is 2.24. The summed E-state index contributed by atoms with van der Waals surface area (Å²) in [5.41, 5.74) is 4.20. The second-order valence-electron chi connectivity index (χ2n) is 7.65. The standard InChI is InChI=1S/C24H28N4O2/c1-27(2)24-19(6-5-13-25-24)16-28-14-15-30-23(17-28)22-8-4-7-21(26-22)18-9-11-20(29-3)12-10-18/h4-13,23H,14-17H2,1-3H3/t23-/m1/s1. The van der Waals surface area contributed by atoms with E-state index in [9.17, 15) is 0 Å². The van der Waals surface area contributed by atoms with Crippen molar-refractivity contribution in [2.24, 2.45) is 0 Å². The van der Waals surface area contributed by atoms with Crippen LogP contribution in [0.2, 0.25) is 0 Å². The van der Waals surface area contributed by atoms with Crippen LogP contribution >= 0.6 is 0 Å². The number of ether oxygens (including phenoxy) is 2. The Bertz CT molecular complexity index is 975. The minimum atomic E-state index is -0.0450. The highest BCUT2D eigenvalue weighted by molar-refractivity contribution is 5.60. The third-order valence-corrected chi connectivity index (χ3v) is 5.32. The Hall–Kier alpha value is -2.96. The first kappa shape index (κ1) is 20.3. The van der Waals surface area contributed by atoms with Gasteiger partial charge in [-0.05, 0) is 42.5 Å². The molecule has 1 atom stereocenters. The maximum absolute atomic E-state index is 6.09. The van der Waals surface area contributed by atoms with Gasteiger partial charge in [-0.2, -0.15) is 0 Å². The van der Waals surface area contributed by atoms with Crippen LogP contribution < -0.4 is 9.64 Å². The molecule has 30 heavy (non-hydrogen) atoms. The molecule has 1 aromatic carbocycles. The molecule has 0 N–H and O–H groups in total. The van der Waals surface area contributed by atoms with Crippen LogP contribution in [0.1, 0.15) is 17.4 Å². The van der Waals surface area contributed by atoms with Gasteiger partial charge in [0.15, 0.2) is 0 Å². The minimum absolute atomic E-state index is 0.0450. The summed E-state index contributed by atoms with van der Waals surface area (Å²) >= 11 is 0. The normalized spacial score (nSPS) is 17.0. The average molecular weight is 405 g/mol. The van der Waals surface area contributed by atoms with Crippen molar-refractivity contribution in [2.45, 2.75) is 12.6 Å².